The number of hydrogen-bond acceptors (Lipinski definition) is 2. The van der Waals surface area contributed by atoms with Crippen LogP contribution < -0.4 is 5.32 Å². The lowest BCUT2D eigenvalue weighted by Crippen LogP contribution is -2.45. The van der Waals surface area contributed by atoms with Gasteiger partial charge < -0.3 is 10.4 Å². The van der Waals surface area contributed by atoms with E-state index in [-0.39, 0.29) is 12.0 Å². The molecule has 0 aliphatic rings. The van der Waals surface area contributed by atoms with E-state index in [4.69, 9.17) is 0 Å². The fourth-order valence-electron chi connectivity index (χ4n) is 0.706. The van der Waals surface area contributed by atoms with Gasteiger partial charge in [-0.2, -0.15) is 0 Å². The highest BCUT2D eigenvalue weighted by Crippen LogP contribution is 2.18. The smallest absolute Gasteiger partial charge is 0.257 e. The number of aliphatic hydroxyl groups excluding tert-OH is 1. The number of amides is 1. The Kier molecular flexibility index (Phi) is 4.06. The average Bonchev–Trinajstić information content (AvgIpc) is 1.95. The van der Waals surface area contributed by atoms with Crippen molar-refractivity contribution in [2.75, 3.05) is 6.54 Å². The van der Waals surface area contributed by atoms with Gasteiger partial charge in [0.2, 0.25) is 0 Å². The van der Waals surface area contributed by atoms with Crippen molar-refractivity contribution in [1.29, 1.82) is 0 Å². The molecule has 0 radical (unpaired) electrons. The van der Waals surface area contributed by atoms with E-state index < -0.39 is 17.7 Å². The largest absolute Gasteiger partial charge is 0.391 e. The molecule has 3 nitrogen and oxygen atoms in total. The summed E-state index contributed by atoms with van der Waals surface area (Å²) in [5, 5.41) is 11.9. The Bertz CT molecular complexity index is 203. The quantitative estimate of drug-likeness (QED) is 0.728. The van der Waals surface area contributed by atoms with Crippen LogP contribution in [-0.4, -0.2) is 29.3 Å². The summed E-state index contributed by atoms with van der Waals surface area (Å²) < 4.78 is 13.0. The standard InChI is InChI=1S/C10H20FNO2/c1-9(2,3)7(13)6-12-8(14)10(4,5)11/h7,13H,6H2,1-5H3,(H,12,14). The lowest BCUT2D eigenvalue weighted by atomic mass is 9.89. The zero-order chi connectivity index (χ0) is 11.6. The zero-order valence-electron chi connectivity index (χ0n) is 9.52. The topological polar surface area (TPSA) is 49.3 Å². The molecule has 0 aliphatic carbocycles. The van der Waals surface area contributed by atoms with Crippen LogP contribution in [0.25, 0.3) is 0 Å². The molecule has 0 aromatic heterocycles. The van der Waals surface area contributed by atoms with Crippen LogP contribution >= 0.6 is 0 Å². The van der Waals surface area contributed by atoms with Gasteiger partial charge in [0, 0.05) is 6.54 Å². The number of halogens is 1. The van der Waals surface area contributed by atoms with E-state index in [1.165, 1.54) is 13.8 Å². The maximum Gasteiger partial charge on any atom is 0.257 e. The number of nitrogens with one attached hydrogen (secondary N) is 1. The molecule has 14 heavy (non-hydrogen) atoms. The molecule has 4 heteroatoms. The van der Waals surface area contributed by atoms with Gasteiger partial charge >= 0.3 is 0 Å². The molecule has 0 rings (SSSR count). The van der Waals surface area contributed by atoms with Gasteiger partial charge in [-0.25, -0.2) is 4.39 Å². The zero-order valence-corrected chi connectivity index (χ0v) is 9.52. The second kappa shape index (κ2) is 4.26. The molecule has 0 saturated heterocycles. The lowest BCUT2D eigenvalue weighted by Gasteiger charge is -2.26. The molecule has 0 aliphatic heterocycles. The fourth-order valence-corrected chi connectivity index (χ4v) is 0.706. The van der Waals surface area contributed by atoms with Gasteiger partial charge in [0.05, 0.1) is 6.10 Å². The monoisotopic (exact) mass is 205 g/mol. The molecule has 0 aromatic carbocycles. The summed E-state index contributed by atoms with van der Waals surface area (Å²) in [4.78, 5) is 11.1. The van der Waals surface area contributed by atoms with Crippen LogP contribution in [0.3, 0.4) is 0 Å². The van der Waals surface area contributed by atoms with Crippen molar-refractivity contribution in [3.8, 4) is 0 Å². The summed E-state index contributed by atoms with van der Waals surface area (Å²) in [7, 11) is 0. The van der Waals surface area contributed by atoms with Crippen LogP contribution in [0.1, 0.15) is 34.6 Å². The van der Waals surface area contributed by atoms with Gasteiger partial charge in [0.15, 0.2) is 5.67 Å². The summed E-state index contributed by atoms with van der Waals surface area (Å²) in [6, 6.07) is 0. The van der Waals surface area contributed by atoms with Crippen LogP contribution in [0.4, 0.5) is 4.39 Å². The molecule has 0 bridgehead atoms. The van der Waals surface area contributed by atoms with Crippen LogP contribution in [0.5, 0.6) is 0 Å². The molecular weight excluding hydrogens is 185 g/mol. The van der Waals surface area contributed by atoms with E-state index in [2.05, 4.69) is 5.32 Å². The SMILES string of the molecule is CC(C)(F)C(=O)NCC(O)C(C)(C)C. The van der Waals surface area contributed by atoms with Crippen LogP contribution in [0.2, 0.25) is 0 Å². The third-order valence-corrected chi connectivity index (χ3v) is 2.00. The van der Waals surface area contributed by atoms with Crippen molar-refractivity contribution in [2.24, 2.45) is 5.41 Å². The number of carbonyl (C=O) groups is 1. The Morgan fingerprint density at radius 1 is 1.36 bits per heavy atom. The Labute approximate surface area is 84.7 Å². The normalized spacial score (nSPS) is 15.1. The minimum atomic E-state index is -1.89. The lowest BCUT2D eigenvalue weighted by molar-refractivity contribution is -0.131. The van der Waals surface area contributed by atoms with Crippen LogP contribution in [0.15, 0.2) is 0 Å². The van der Waals surface area contributed by atoms with Gasteiger partial charge in [-0.3, -0.25) is 4.79 Å². The number of alkyl halides is 1. The van der Waals surface area contributed by atoms with E-state index in [9.17, 15) is 14.3 Å². The molecule has 0 saturated carbocycles. The first-order chi connectivity index (χ1) is 6.05. The second-order valence-electron chi connectivity index (χ2n) is 5.06. The predicted octanol–water partition coefficient (Wildman–Crippen LogP) is 1.26. The van der Waals surface area contributed by atoms with E-state index in [0.29, 0.717) is 0 Å². The molecule has 0 heterocycles. The Morgan fingerprint density at radius 2 is 1.79 bits per heavy atom. The van der Waals surface area contributed by atoms with Gasteiger partial charge in [0.25, 0.3) is 5.91 Å². The highest BCUT2D eigenvalue weighted by molar-refractivity contribution is 5.84. The van der Waals surface area contributed by atoms with Crippen LogP contribution in [-0.2, 0) is 4.79 Å². The van der Waals surface area contributed by atoms with Crippen LogP contribution in [0, 0.1) is 5.41 Å². The first kappa shape index (κ1) is 13.4. The minimum absolute atomic E-state index is 0.0791. The second-order valence-corrected chi connectivity index (χ2v) is 5.06. The van der Waals surface area contributed by atoms with E-state index in [1.807, 2.05) is 20.8 Å². The molecule has 1 unspecified atom stereocenters. The van der Waals surface area contributed by atoms with Gasteiger partial charge in [-0.1, -0.05) is 20.8 Å². The molecule has 0 aromatic rings. The Hall–Kier alpha value is -0.640. The average molecular weight is 205 g/mol. The number of hydrogen-bond donors (Lipinski definition) is 2. The third-order valence-electron chi connectivity index (χ3n) is 2.00. The maximum atomic E-state index is 13.0. The molecular formula is C10H20FNO2. The Morgan fingerprint density at radius 3 is 2.07 bits per heavy atom. The van der Waals surface area contributed by atoms with Crippen molar-refractivity contribution in [1.82, 2.24) is 5.32 Å². The van der Waals surface area contributed by atoms with Gasteiger partial charge in [-0.15, -0.1) is 0 Å². The summed E-state index contributed by atoms with van der Waals surface area (Å²) in [6.45, 7) is 8.01. The van der Waals surface area contributed by atoms with Gasteiger partial charge in [0.1, 0.15) is 0 Å². The first-order valence-electron chi connectivity index (χ1n) is 4.70. The van der Waals surface area contributed by atoms with Crippen molar-refractivity contribution in [2.45, 2.75) is 46.4 Å². The fraction of sp³-hybridized carbons (Fsp3) is 0.900. The van der Waals surface area contributed by atoms with E-state index >= 15 is 0 Å². The van der Waals surface area contributed by atoms with Gasteiger partial charge in [-0.05, 0) is 19.3 Å². The number of carbonyl (C=O) groups excluding carboxylic acids is 1. The summed E-state index contributed by atoms with van der Waals surface area (Å²) in [5.74, 6) is -0.694. The van der Waals surface area contributed by atoms with Crippen molar-refractivity contribution in [3.05, 3.63) is 0 Å². The number of rotatable bonds is 3. The highest BCUT2D eigenvalue weighted by Gasteiger charge is 2.28. The van der Waals surface area contributed by atoms with Crippen molar-refractivity contribution < 1.29 is 14.3 Å². The number of aliphatic hydroxyl groups is 1. The minimum Gasteiger partial charge on any atom is -0.391 e. The maximum absolute atomic E-state index is 13.0. The third kappa shape index (κ3) is 4.56. The first-order valence-corrected chi connectivity index (χ1v) is 4.70. The predicted molar refractivity (Wildman–Crippen MR) is 53.7 cm³/mol. The van der Waals surface area contributed by atoms with Crippen molar-refractivity contribution in [3.63, 3.8) is 0 Å². The summed E-state index contributed by atoms with van der Waals surface area (Å²) in [5.41, 5.74) is -2.20. The molecule has 0 spiro atoms. The van der Waals surface area contributed by atoms with Crippen molar-refractivity contribution >= 4 is 5.91 Å². The molecule has 2 N–H and O–H groups in total. The molecule has 0 fully saturated rings. The molecule has 1 atom stereocenters. The highest BCUT2D eigenvalue weighted by atomic mass is 19.1. The molecule has 1 amide bonds. The van der Waals surface area contributed by atoms with E-state index in [1.54, 1.807) is 0 Å². The summed E-state index contributed by atoms with van der Waals surface area (Å²) in [6.07, 6.45) is -0.672. The van der Waals surface area contributed by atoms with E-state index in [0.717, 1.165) is 0 Å². The summed E-state index contributed by atoms with van der Waals surface area (Å²) >= 11 is 0. The Balaban J connectivity index is 4.03. The molecule has 84 valence electrons.